The fourth-order valence-electron chi connectivity index (χ4n) is 2.31. The molecule has 0 aliphatic rings. The summed E-state index contributed by atoms with van der Waals surface area (Å²) in [5.74, 6) is 0.0802. The van der Waals surface area contributed by atoms with Crippen LogP contribution in [0.5, 0.6) is 0 Å². The second-order valence-electron chi connectivity index (χ2n) is 5.50. The van der Waals surface area contributed by atoms with Crippen LogP contribution in [0, 0.1) is 0 Å². The van der Waals surface area contributed by atoms with Gasteiger partial charge in [-0.05, 0) is 37.5 Å². The largest absolute Gasteiger partial charge is 0.382 e. The highest BCUT2D eigenvalue weighted by Gasteiger charge is 2.04. The van der Waals surface area contributed by atoms with Gasteiger partial charge in [0.05, 0.1) is 6.20 Å². The zero-order chi connectivity index (χ0) is 17.2. The van der Waals surface area contributed by atoms with Gasteiger partial charge in [0, 0.05) is 49.5 Å². The Morgan fingerprint density at radius 1 is 1.25 bits per heavy atom. The second-order valence-corrected chi connectivity index (χ2v) is 5.94. The Morgan fingerprint density at radius 2 is 2.04 bits per heavy atom. The fraction of sp³-hybridized carbons (Fsp3) is 0.444. The average Bonchev–Trinajstić information content (AvgIpc) is 3.04. The topological polar surface area (TPSA) is 56.1 Å². The molecule has 1 aromatic heterocycles. The van der Waals surface area contributed by atoms with Gasteiger partial charge >= 0.3 is 0 Å². The van der Waals surface area contributed by atoms with Gasteiger partial charge in [0.15, 0.2) is 0 Å². The molecule has 0 unspecified atom stereocenters. The second kappa shape index (κ2) is 10.1. The van der Waals surface area contributed by atoms with Crippen molar-refractivity contribution < 1.29 is 9.53 Å². The Balaban J connectivity index is 1.68. The van der Waals surface area contributed by atoms with Gasteiger partial charge in [0.2, 0.25) is 5.91 Å². The van der Waals surface area contributed by atoms with Crippen LogP contribution in [0.2, 0.25) is 5.02 Å². The van der Waals surface area contributed by atoms with Crippen LogP contribution in [0.25, 0.3) is 11.1 Å². The highest BCUT2D eigenvalue weighted by atomic mass is 35.5. The molecule has 130 valence electrons. The molecule has 5 nitrogen and oxygen atoms in total. The fourth-order valence-corrected chi connectivity index (χ4v) is 2.44. The molecule has 24 heavy (non-hydrogen) atoms. The number of hydrogen-bond acceptors (Lipinski definition) is 3. The van der Waals surface area contributed by atoms with E-state index in [4.69, 9.17) is 16.3 Å². The Hall–Kier alpha value is -1.85. The predicted molar refractivity (Wildman–Crippen MR) is 96.0 cm³/mol. The molecule has 0 saturated heterocycles. The van der Waals surface area contributed by atoms with Gasteiger partial charge in [0.1, 0.15) is 0 Å². The van der Waals surface area contributed by atoms with E-state index in [0.717, 1.165) is 42.1 Å². The first-order chi connectivity index (χ1) is 11.7. The van der Waals surface area contributed by atoms with E-state index in [2.05, 4.69) is 10.4 Å². The van der Waals surface area contributed by atoms with Crippen molar-refractivity contribution in [1.82, 2.24) is 15.1 Å². The molecule has 0 bridgehead atoms. The van der Waals surface area contributed by atoms with Crippen LogP contribution in [0.3, 0.4) is 0 Å². The van der Waals surface area contributed by atoms with Crippen LogP contribution in [0.15, 0.2) is 36.7 Å². The monoisotopic (exact) mass is 349 g/mol. The van der Waals surface area contributed by atoms with Gasteiger partial charge in [-0.2, -0.15) is 5.10 Å². The molecule has 0 radical (unpaired) electrons. The van der Waals surface area contributed by atoms with Crippen molar-refractivity contribution in [3.63, 3.8) is 0 Å². The van der Waals surface area contributed by atoms with E-state index in [1.807, 2.05) is 48.3 Å². The molecule has 0 aliphatic heterocycles. The Labute approximate surface area is 148 Å². The quantitative estimate of drug-likeness (QED) is 0.667. The minimum Gasteiger partial charge on any atom is -0.382 e. The minimum absolute atomic E-state index is 0.0802. The number of benzene rings is 1. The van der Waals surface area contributed by atoms with Crippen LogP contribution in [0.1, 0.15) is 26.2 Å². The van der Waals surface area contributed by atoms with Crippen molar-refractivity contribution in [3.05, 3.63) is 41.7 Å². The van der Waals surface area contributed by atoms with Crippen molar-refractivity contribution in [2.75, 3.05) is 19.8 Å². The standard InChI is InChI=1S/C18H24ClN3O2/c1-2-24-12-4-10-20-18(23)5-3-11-22-14-16(13-21-22)15-6-8-17(19)9-7-15/h6-9,13-14H,2-5,10-12H2,1H3,(H,20,23). The summed E-state index contributed by atoms with van der Waals surface area (Å²) in [6.07, 6.45) is 5.94. The summed E-state index contributed by atoms with van der Waals surface area (Å²) < 4.78 is 7.10. The first kappa shape index (κ1) is 18.5. The molecule has 1 heterocycles. The Morgan fingerprint density at radius 3 is 2.79 bits per heavy atom. The highest BCUT2D eigenvalue weighted by molar-refractivity contribution is 6.30. The lowest BCUT2D eigenvalue weighted by molar-refractivity contribution is -0.121. The van der Waals surface area contributed by atoms with E-state index >= 15 is 0 Å². The third-order valence-electron chi connectivity index (χ3n) is 3.59. The smallest absolute Gasteiger partial charge is 0.220 e. The average molecular weight is 350 g/mol. The Kier molecular flexibility index (Phi) is 7.79. The number of nitrogens with zero attached hydrogens (tertiary/aromatic N) is 2. The molecule has 6 heteroatoms. The van der Waals surface area contributed by atoms with Crippen molar-refractivity contribution in [2.24, 2.45) is 0 Å². The van der Waals surface area contributed by atoms with Crippen LogP contribution >= 0.6 is 11.6 Å². The van der Waals surface area contributed by atoms with Gasteiger partial charge < -0.3 is 10.1 Å². The number of hydrogen-bond donors (Lipinski definition) is 1. The lowest BCUT2D eigenvalue weighted by Gasteiger charge is -2.05. The lowest BCUT2D eigenvalue weighted by Crippen LogP contribution is -2.25. The number of rotatable bonds is 10. The summed E-state index contributed by atoms with van der Waals surface area (Å²) in [6.45, 7) is 4.76. The first-order valence-corrected chi connectivity index (χ1v) is 8.69. The summed E-state index contributed by atoms with van der Waals surface area (Å²) in [5, 5.41) is 7.97. The number of aryl methyl sites for hydroxylation is 1. The number of halogens is 1. The number of amides is 1. The molecule has 2 aromatic rings. The van der Waals surface area contributed by atoms with Crippen LogP contribution in [-0.2, 0) is 16.1 Å². The minimum atomic E-state index is 0.0802. The van der Waals surface area contributed by atoms with Gasteiger partial charge in [-0.3, -0.25) is 9.48 Å². The van der Waals surface area contributed by atoms with Crippen LogP contribution < -0.4 is 5.32 Å². The summed E-state index contributed by atoms with van der Waals surface area (Å²) >= 11 is 5.90. The molecule has 1 aromatic carbocycles. The molecule has 0 saturated carbocycles. The third kappa shape index (κ3) is 6.34. The van der Waals surface area contributed by atoms with Crippen molar-refractivity contribution >= 4 is 17.5 Å². The molecular formula is C18H24ClN3O2. The number of aromatic nitrogens is 2. The zero-order valence-corrected chi connectivity index (χ0v) is 14.8. The van der Waals surface area contributed by atoms with E-state index in [-0.39, 0.29) is 5.91 Å². The number of ether oxygens (including phenoxy) is 1. The van der Waals surface area contributed by atoms with Crippen LogP contribution in [0.4, 0.5) is 0 Å². The summed E-state index contributed by atoms with van der Waals surface area (Å²) in [4.78, 5) is 11.7. The maximum absolute atomic E-state index is 11.7. The molecule has 0 fully saturated rings. The molecule has 2 rings (SSSR count). The summed E-state index contributed by atoms with van der Waals surface area (Å²) in [6, 6.07) is 7.67. The van der Waals surface area contributed by atoms with E-state index in [1.165, 1.54) is 0 Å². The van der Waals surface area contributed by atoms with Crippen molar-refractivity contribution in [1.29, 1.82) is 0 Å². The van der Waals surface area contributed by atoms with Gasteiger partial charge in [-0.25, -0.2) is 0 Å². The molecule has 1 amide bonds. The van der Waals surface area contributed by atoms with Crippen LogP contribution in [-0.4, -0.2) is 35.4 Å². The summed E-state index contributed by atoms with van der Waals surface area (Å²) in [5.41, 5.74) is 2.13. The molecule has 0 aliphatic carbocycles. The lowest BCUT2D eigenvalue weighted by atomic mass is 10.1. The molecule has 1 N–H and O–H groups in total. The number of carbonyl (C=O) groups is 1. The zero-order valence-electron chi connectivity index (χ0n) is 14.0. The highest BCUT2D eigenvalue weighted by Crippen LogP contribution is 2.20. The normalized spacial score (nSPS) is 10.8. The van der Waals surface area contributed by atoms with E-state index < -0.39 is 0 Å². The van der Waals surface area contributed by atoms with Gasteiger partial charge in [-0.1, -0.05) is 23.7 Å². The van der Waals surface area contributed by atoms with Crippen molar-refractivity contribution in [2.45, 2.75) is 32.7 Å². The number of carbonyl (C=O) groups excluding carboxylic acids is 1. The van der Waals surface area contributed by atoms with E-state index in [1.54, 1.807) is 0 Å². The maximum atomic E-state index is 11.7. The molecule has 0 atom stereocenters. The third-order valence-corrected chi connectivity index (χ3v) is 3.85. The first-order valence-electron chi connectivity index (χ1n) is 8.32. The predicted octanol–water partition coefficient (Wildman–Crippen LogP) is 3.53. The molecule has 0 spiro atoms. The van der Waals surface area contributed by atoms with Gasteiger partial charge in [-0.15, -0.1) is 0 Å². The molecular weight excluding hydrogens is 326 g/mol. The van der Waals surface area contributed by atoms with E-state index in [0.29, 0.717) is 19.6 Å². The van der Waals surface area contributed by atoms with Crippen molar-refractivity contribution in [3.8, 4) is 11.1 Å². The maximum Gasteiger partial charge on any atom is 0.220 e. The Bertz CT molecular complexity index is 625. The summed E-state index contributed by atoms with van der Waals surface area (Å²) in [7, 11) is 0. The van der Waals surface area contributed by atoms with Gasteiger partial charge in [0.25, 0.3) is 0 Å². The SMILES string of the molecule is CCOCCCNC(=O)CCCn1cc(-c2ccc(Cl)cc2)cn1. The number of nitrogens with one attached hydrogen (secondary N) is 1. The van der Waals surface area contributed by atoms with E-state index in [9.17, 15) is 4.79 Å².